The van der Waals surface area contributed by atoms with Gasteiger partial charge in [-0.1, -0.05) is 31.4 Å². The number of amides is 1. The summed E-state index contributed by atoms with van der Waals surface area (Å²) in [5.41, 5.74) is 1.49. The number of benzene rings is 1. The average Bonchev–Trinajstić information content (AvgIpc) is 3.11. The van der Waals surface area contributed by atoms with Crippen molar-refractivity contribution in [1.29, 1.82) is 0 Å². The number of carbonyl (C=O) groups excluding carboxylic acids is 1. The molecule has 2 heterocycles. The number of para-hydroxylation sites is 2. The first-order chi connectivity index (χ1) is 12.1. The van der Waals surface area contributed by atoms with E-state index in [0.29, 0.717) is 5.78 Å². The van der Waals surface area contributed by atoms with Crippen LogP contribution in [0, 0.1) is 0 Å². The summed E-state index contributed by atoms with van der Waals surface area (Å²) in [7, 11) is 3.72. The van der Waals surface area contributed by atoms with E-state index >= 15 is 0 Å². The summed E-state index contributed by atoms with van der Waals surface area (Å²) in [5.74, 6) is 0.501. The Labute approximate surface area is 145 Å². The zero-order valence-electron chi connectivity index (χ0n) is 14.7. The smallest absolute Gasteiger partial charge is 0.341 e. The van der Waals surface area contributed by atoms with Crippen LogP contribution in [-0.4, -0.2) is 42.6 Å². The van der Waals surface area contributed by atoms with Gasteiger partial charge in [0, 0.05) is 20.1 Å². The van der Waals surface area contributed by atoms with Gasteiger partial charge >= 0.3 is 5.69 Å². The maximum Gasteiger partial charge on any atom is 0.352 e. The molecule has 132 valence electrons. The van der Waals surface area contributed by atoms with Crippen LogP contribution in [0.3, 0.4) is 0 Å². The van der Waals surface area contributed by atoms with Crippen LogP contribution in [0.4, 0.5) is 0 Å². The molecular weight excluding hydrogens is 318 g/mol. The van der Waals surface area contributed by atoms with E-state index in [2.05, 4.69) is 5.10 Å². The van der Waals surface area contributed by atoms with Gasteiger partial charge in [0.2, 0.25) is 11.7 Å². The van der Waals surface area contributed by atoms with Gasteiger partial charge < -0.3 is 9.47 Å². The number of rotatable bonds is 3. The number of imidazole rings is 1. The highest BCUT2D eigenvalue weighted by Crippen LogP contribution is 2.22. The summed E-state index contributed by atoms with van der Waals surface area (Å²) in [5, 5.41) is 4.40. The fourth-order valence-electron chi connectivity index (χ4n) is 3.88. The molecule has 1 saturated carbocycles. The Morgan fingerprint density at radius 1 is 1.20 bits per heavy atom. The number of fused-ring (bicyclic) bond motifs is 3. The summed E-state index contributed by atoms with van der Waals surface area (Å²) in [4.78, 5) is 27.2. The first-order valence-electron chi connectivity index (χ1n) is 8.86. The van der Waals surface area contributed by atoms with E-state index < -0.39 is 0 Å². The van der Waals surface area contributed by atoms with Crippen LogP contribution in [0.1, 0.15) is 32.1 Å². The van der Waals surface area contributed by atoms with Gasteiger partial charge in [0.1, 0.15) is 6.54 Å². The fraction of sp³-hybridized carbons (Fsp3) is 0.500. The molecule has 0 unspecified atom stereocenters. The van der Waals surface area contributed by atoms with E-state index in [1.165, 1.54) is 23.9 Å². The van der Waals surface area contributed by atoms with E-state index in [-0.39, 0.29) is 24.2 Å². The van der Waals surface area contributed by atoms with Crippen LogP contribution in [0.25, 0.3) is 16.8 Å². The molecule has 7 heteroatoms. The molecule has 2 aromatic heterocycles. The van der Waals surface area contributed by atoms with Gasteiger partial charge in [0.05, 0.1) is 11.0 Å². The largest absolute Gasteiger partial charge is 0.352 e. The molecule has 0 aliphatic heterocycles. The van der Waals surface area contributed by atoms with Gasteiger partial charge in [-0.25, -0.2) is 13.9 Å². The van der Waals surface area contributed by atoms with Crippen LogP contribution in [0.5, 0.6) is 0 Å². The second kappa shape index (κ2) is 6.06. The van der Waals surface area contributed by atoms with Gasteiger partial charge in [-0.2, -0.15) is 0 Å². The number of likely N-dealkylation sites (N-methyl/N-ethyl adjacent to an activating group) is 1. The number of nitrogens with zero attached hydrogens (tertiary/aromatic N) is 5. The van der Waals surface area contributed by atoms with Crippen molar-refractivity contribution in [1.82, 2.24) is 23.6 Å². The maximum atomic E-state index is 12.8. The van der Waals surface area contributed by atoms with Crippen molar-refractivity contribution in [3.63, 3.8) is 0 Å². The van der Waals surface area contributed by atoms with E-state index in [9.17, 15) is 9.59 Å². The third-order valence-electron chi connectivity index (χ3n) is 5.41. The van der Waals surface area contributed by atoms with Crippen molar-refractivity contribution in [2.24, 2.45) is 7.05 Å². The summed E-state index contributed by atoms with van der Waals surface area (Å²) in [6.45, 7) is -0.0121. The van der Waals surface area contributed by atoms with E-state index in [1.54, 1.807) is 9.30 Å². The van der Waals surface area contributed by atoms with Crippen molar-refractivity contribution in [2.45, 2.75) is 44.7 Å². The number of aryl methyl sites for hydroxylation is 1. The van der Waals surface area contributed by atoms with Crippen LogP contribution < -0.4 is 5.69 Å². The Morgan fingerprint density at radius 3 is 2.60 bits per heavy atom. The van der Waals surface area contributed by atoms with Crippen LogP contribution in [0.15, 0.2) is 29.1 Å². The molecule has 1 amide bonds. The average molecular weight is 341 g/mol. The van der Waals surface area contributed by atoms with Gasteiger partial charge in [-0.05, 0) is 25.0 Å². The van der Waals surface area contributed by atoms with Crippen LogP contribution in [0.2, 0.25) is 0 Å². The summed E-state index contributed by atoms with van der Waals surface area (Å²) in [6.07, 6.45) is 5.68. The lowest BCUT2D eigenvalue weighted by Gasteiger charge is -2.31. The summed E-state index contributed by atoms with van der Waals surface area (Å²) >= 11 is 0. The second-order valence-corrected chi connectivity index (χ2v) is 6.92. The first kappa shape index (κ1) is 15.9. The molecule has 1 fully saturated rings. The van der Waals surface area contributed by atoms with E-state index in [1.807, 2.05) is 42.9 Å². The van der Waals surface area contributed by atoms with E-state index in [4.69, 9.17) is 0 Å². The molecule has 3 aromatic rings. The third kappa shape index (κ3) is 2.54. The van der Waals surface area contributed by atoms with Crippen molar-refractivity contribution in [3.8, 4) is 0 Å². The molecule has 0 bridgehead atoms. The Hall–Kier alpha value is -2.57. The normalized spacial score (nSPS) is 15.9. The number of aromatic nitrogens is 4. The Balaban J connectivity index is 1.66. The molecule has 0 N–H and O–H groups in total. The predicted molar refractivity (Wildman–Crippen MR) is 95.6 cm³/mol. The van der Waals surface area contributed by atoms with Gasteiger partial charge in [-0.15, -0.1) is 5.10 Å². The SMILES string of the molecule is CN(C(=O)Cn1nc2n(C)c3ccccc3n2c1=O)C1CCCCC1. The molecular formula is C18H23N5O2. The Kier molecular flexibility index (Phi) is 3.86. The lowest BCUT2D eigenvalue weighted by atomic mass is 9.94. The molecule has 1 aliphatic carbocycles. The van der Waals surface area contributed by atoms with Crippen molar-refractivity contribution in [2.75, 3.05) is 7.05 Å². The Morgan fingerprint density at radius 2 is 1.88 bits per heavy atom. The molecule has 0 spiro atoms. The number of hydrogen-bond acceptors (Lipinski definition) is 3. The van der Waals surface area contributed by atoms with Crippen LogP contribution >= 0.6 is 0 Å². The van der Waals surface area contributed by atoms with Gasteiger partial charge in [0.25, 0.3) is 0 Å². The monoisotopic (exact) mass is 341 g/mol. The second-order valence-electron chi connectivity index (χ2n) is 6.92. The standard InChI is InChI=1S/C18H23N5O2/c1-20(13-8-4-3-5-9-13)16(24)12-22-18(25)23-15-11-7-6-10-14(15)21(2)17(23)19-22/h6-7,10-11,13H,3-5,8-9,12H2,1-2H3. The minimum absolute atomic E-state index is 0.0121. The highest BCUT2D eigenvalue weighted by Gasteiger charge is 2.24. The number of hydrogen-bond donors (Lipinski definition) is 0. The molecule has 7 nitrogen and oxygen atoms in total. The maximum absolute atomic E-state index is 12.8. The highest BCUT2D eigenvalue weighted by atomic mass is 16.2. The molecule has 0 atom stereocenters. The van der Waals surface area contributed by atoms with Gasteiger partial charge in [-0.3, -0.25) is 4.79 Å². The topological polar surface area (TPSA) is 64.5 Å². The molecule has 4 rings (SSSR count). The molecule has 0 radical (unpaired) electrons. The van der Waals surface area contributed by atoms with E-state index in [0.717, 1.165) is 23.9 Å². The van der Waals surface area contributed by atoms with Crippen molar-refractivity contribution in [3.05, 3.63) is 34.7 Å². The number of carbonyl (C=O) groups is 1. The summed E-state index contributed by atoms with van der Waals surface area (Å²) in [6, 6.07) is 7.97. The molecule has 25 heavy (non-hydrogen) atoms. The predicted octanol–water partition coefficient (Wildman–Crippen LogP) is 1.78. The third-order valence-corrected chi connectivity index (χ3v) is 5.41. The highest BCUT2D eigenvalue weighted by molar-refractivity contribution is 5.80. The zero-order valence-corrected chi connectivity index (χ0v) is 14.7. The first-order valence-corrected chi connectivity index (χ1v) is 8.86. The van der Waals surface area contributed by atoms with Gasteiger partial charge in [0.15, 0.2) is 0 Å². The fourth-order valence-corrected chi connectivity index (χ4v) is 3.88. The lowest BCUT2D eigenvalue weighted by molar-refractivity contribution is -0.133. The molecule has 1 aliphatic rings. The minimum atomic E-state index is -0.266. The minimum Gasteiger partial charge on any atom is -0.341 e. The quantitative estimate of drug-likeness (QED) is 0.729. The lowest BCUT2D eigenvalue weighted by Crippen LogP contribution is -2.41. The van der Waals surface area contributed by atoms with Crippen molar-refractivity contribution < 1.29 is 4.79 Å². The molecule has 1 aromatic carbocycles. The molecule has 0 saturated heterocycles. The van der Waals surface area contributed by atoms with Crippen molar-refractivity contribution >= 4 is 22.7 Å². The zero-order chi connectivity index (χ0) is 17.6. The Bertz CT molecular complexity index is 990. The summed E-state index contributed by atoms with van der Waals surface area (Å²) < 4.78 is 4.73. The van der Waals surface area contributed by atoms with Crippen LogP contribution in [-0.2, 0) is 18.4 Å².